The summed E-state index contributed by atoms with van der Waals surface area (Å²) in [4.78, 5) is 2.27. The van der Waals surface area contributed by atoms with Crippen LogP contribution in [0.3, 0.4) is 0 Å². The van der Waals surface area contributed by atoms with Gasteiger partial charge < -0.3 is 10.2 Å². The van der Waals surface area contributed by atoms with Crippen LogP contribution in [0.15, 0.2) is 18.2 Å². The van der Waals surface area contributed by atoms with Gasteiger partial charge in [0.15, 0.2) is 0 Å². The fourth-order valence-corrected chi connectivity index (χ4v) is 3.17. The van der Waals surface area contributed by atoms with Crippen LogP contribution in [0.1, 0.15) is 52.0 Å². The molecule has 0 spiro atoms. The van der Waals surface area contributed by atoms with E-state index < -0.39 is 0 Å². The molecule has 118 valence electrons. The van der Waals surface area contributed by atoms with Gasteiger partial charge in [-0.15, -0.1) is 0 Å². The number of nitrogens with zero attached hydrogens (tertiary/aromatic N) is 1. The number of para-hydroxylation sites is 1. The molecule has 1 aromatic rings. The number of benzene rings is 1. The van der Waals surface area contributed by atoms with E-state index in [-0.39, 0.29) is 5.82 Å². The third-order valence-electron chi connectivity index (χ3n) is 4.51. The Morgan fingerprint density at radius 1 is 1.29 bits per heavy atom. The Morgan fingerprint density at radius 3 is 2.81 bits per heavy atom. The third kappa shape index (κ3) is 4.44. The first-order chi connectivity index (χ1) is 10.1. The predicted octanol–water partition coefficient (Wildman–Crippen LogP) is 4.34. The molecule has 3 heteroatoms. The first-order valence-electron chi connectivity index (χ1n) is 8.37. The summed E-state index contributed by atoms with van der Waals surface area (Å²) in [5.74, 6) is 0.729. The molecular formula is C18H29FN2. The van der Waals surface area contributed by atoms with Crippen molar-refractivity contribution < 1.29 is 4.39 Å². The van der Waals surface area contributed by atoms with E-state index in [1.807, 2.05) is 6.07 Å². The zero-order valence-corrected chi connectivity index (χ0v) is 13.7. The van der Waals surface area contributed by atoms with E-state index in [9.17, 15) is 4.39 Å². The largest absolute Gasteiger partial charge is 0.369 e. The van der Waals surface area contributed by atoms with Gasteiger partial charge in [-0.25, -0.2) is 4.39 Å². The Kier molecular flexibility index (Phi) is 6.04. The van der Waals surface area contributed by atoms with Crippen LogP contribution in [0.4, 0.5) is 10.1 Å². The Morgan fingerprint density at radius 2 is 2.10 bits per heavy atom. The van der Waals surface area contributed by atoms with Gasteiger partial charge in [0.1, 0.15) is 5.82 Å². The molecule has 1 aromatic carbocycles. The fourth-order valence-electron chi connectivity index (χ4n) is 3.17. The van der Waals surface area contributed by atoms with Crippen molar-refractivity contribution in [1.29, 1.82) is 0 Å². The van der Waals surface area contributed by atoms with Crippen LogP contribution in [-0.4, -0.2) is 19.1 Å². The highest BCUT2D eigenvalue weighted by Crippen LogP contribution is 2.29. The normalized spacial score (nSPS) is 19.9. The molecule has 21 heavy (non-hydrogen) atoms. The van der Waals surface area contributed by atoms with Crippen LogP contribution in [0.25, 0.3) is 0 Å². The van der Waals surface area contributed by atoms with Crippen LogP contribution < -0.4 is 10.2 Å². The van der Waals surface area contributed by atoms with E-state index in [2.05, 4.69) is 37.1 Å². The van der Waals surface area contributed by atoms with Crippen LogP contribution in [0, 0.1) is 11.7 Å². The molecule has 1 heterocycles. The summed E-state index contributed by atoms with van der Waals surface area (Å²) in [7, 11) is 0. The van der Waals surface area contributed by atoms with E-state index in [1.165, 1.54) is 25.7 Å². The van der Waals surface area contributed by atoms with E-state index in [1.54, 1.807) is 6.07 Å². The number of halogens is 1. The van der Waals surface area contributed by atoms with Crippen molar-refractivity contribution in [2.24, 2.45) is 5.92 Å². The van der Waals surface area contributed by atoms with Crippen molar-refractivity contribution in [1.82, 2.24) is 5.32 Å². The third-order valence-corrected chi connectivity index (χ3v) is 4.51. The summed E-state index contributed by atoms with van der Waals surface area (Å²) in [6.45, 7) is 9.20. The smallest absolute Gasteiger partial charge is 0.146 e. The summed E-state index contributed by atoms with van der Waals surface area (Å²) in [5.41, 5.74) is 1.90. The average Bonchev–Trinajstić information content (AvgIpc) is 2.70. The molecule has 0 aliphatic carbocycles. The molecule has 1 unspecified atom stereocenters. The zero-order chi connectivity index (χ0) is 15.2. The number of hydrogen-bond acceptors (Lipinski definition) is 2. The Hall–Kier alpha value is -1.09. The van der Waals surface area contributed by atoms with Gasteiger partial charge in [-0.2, -0.15) is 0 Å². The van der Waals surface area contributed by atoms with Gasteiger partial charge >= 0.3 is 0 Å². The van der Waals surface area contributed by atoms with Crippen LogP contribution >= 0.6 is 0 Å². The molecule has 0 amide bonds. The minimum Gasteiger partial charge on any atom is -0.369 e. The second kappa shape index (κ2) is 7.79. The lowest BCUT2D eigenvalue weighted by Gasteiger charge is -2.26. The lowest BCUT2D eigenvalue weighted by Crippen LogP contribution is -2.29. The molecule has 2 rings (SSSR count). The van der Waals surface area contributed by atoms with Crippen molar-refractivity contribution in [2.75, 3.05) is 18.0 Å². The number of hydrogen-bond donors (Lipinski definition) is 1. The Balaban J connectivity index is 2.17. The number of anilines is 1. The topological polar surface area (TPSA) is 15.3 Å². The second-order valence-electron chi connectivity index (χ2n) is 6.48. The maximum Gasteiger partial charge on any atom is 0.146 e. The van der Waals surface area contributed by atoms with Gasteiger partial charge in [-0.05, 0) is 36.8 Å². The highest BCUT2D eigenvalue weighted by atomic mass is 19.1. The quantitative estimate of drug-likeness (QED) is 0.868. The Labute approximate surface area is 128 Å². The van der Waals surface area contributed by atoms with Gasteiger partial charge in [0.25, 0.3) is 0 Å². The number of rotatable bonds is 5. The van der Waals surface area contributed by atoms with E-state index in [0.29, 0.717) is 6.04 Å². The van der Waals surface area contributed by atoms with Crippen molar-refractivity contribution in [3.8, 4) is 0 Å². The highest BCUT2D eigenvalue weighted by molar-refractivity contribution is 5.55. The average molecular weight is 292 g/mol. The van der Waals surface area contributed by atoms with Gasteiger partial charge in [0.05, 0.1) is 5.69 Å². The summed E-state index contributed by atoms with van der Waals surface area (Å²) in [6, 6.07) is 5.88. The minimum absolute atomic E-state index is 0.0759. The molecule has 1 N–H and O–H groups in total. The second-order valence-corrected chi connectivity index (χ2v) is 6.48. The molecule has 1 atom stereocenters. The van der Waals surface area contributed by atoms with Crippen molar-refractivity contribution in [3.05, 3.63) is 29.6 Å². The SMILES string of the molecule is CCC1CCCN(c2c(F)cccc2CNC(C)C)CC1. The fraction of sp³-hybridized carbons (Fsp3) is 0.667. The first kappa shape index (κ1) is 16.3. The zero-order valence-electron chi connectivity index (χ0n) is 13.7. The molecule has 1 fully saturated rings. The lowest BCUT2D eigenvalue weighted by molar-refractivity contribution is 0.459. The molecule has 0 bridgehead atoms. The molecule has 0 saturated carbocycles. The maximum absolute atomic E-state index is 14.4. The number of nitrogens with one attached hydrogen (secondary N) is 1. The van der Waals surface area contributed by atoms with Gasteiger partial charge in [-0.1, -0.05) is 39.3 Å². The van der Waals surface area contributed by atoms with Gasteiger partial charge in [-0.3, -0.25) is 0 Å². The van der Waals surface area contributed by atoms with Crippen molar-refractivity contribution >= 4 is 5.69 Å². The van der Waals surface area contributed by atoms with Gasteiger partial charge in [0, 0.05) is 25.7 Å². The standard InChI is InChI=1S/C18H29FN2/c1-4-15-7-6-11-21(12-10-15)18-16(13-20-14(2)3)8-5-9-17(18)19/h5,8-9,14-15,20H,4,6-7,10-13H2,1-3H3. The molecule has 2 nitrogen and oxygen atoms in total. The summed E-state index contributed by atoms with van der Waals surface area (Å²) < 4.78 is 14.4. The van der Waals surface area contributed by atoms with Crippen molar-refractivity contribution in [3.63, 3.8) is 0 Å². The molecule has 0 radical (unpaired) electrons. The predicted molar refractivity (Wildman–Crippen MR) is 88.2 cm³/mol. The van der Waals surface area contributed by atoms with Crippen LogP contribution in [-0.2, 0) is 6.54 Å². The van der Waals surface area contributed by atoms with E-state index >= 15 is 0 Å². The molecule has 1 aliphatic rings. The minimum atomic E-state index is -0.0759. The summed E-state index contributed by atoms with van der Waals surface area (Å²) in [6.07, 6.45) is 4.87. The molecule has 1 aliphatic heterocycles. The van der Waals surface area contributed by atoms with Crippen LogP contribution in [0.5, 0.6) is 0 Å². The monoisotopic (exact) mass is 292 g/mol. The van der Waals surface area contributed by atoms with E-state index in [0.717, 1.165) is 36.8 Å². The lowest BCUT2D eigenvalue weighted by atomic mass is 9.98. The molecule has 0 aromatic heterocycles. The Bertz CT molecular complexity index is 445. The summed E-state index contributed by atoms with van der Waals surface area (Å²) >= 11 is 0. The first-order valence-corrected chi connectivity index (χ1v) is 8.37. The van der Waals surface area contributed by atoms with E-state index in [4.69, 9.17) is 0 Å². The van der Waals surface area contributed by atoms with Crippen LogP contribution in [0.2, 0.25) is 0 Å². The molecule has 1 saturated heterocycles. The maximum atomic E-state index is 14.4. The molecular weight excluding hydrogens is 263 g/mol. The van der Waals surface area contributed by atoms with Gasteiger partial charge in [0.2, 0.25) is 0 Å². The van der Waals surface area contributed by atoms with Crippen molar-refractivity contribution in [2.45, 2.75) is 59.0 Å². The summed E-state index contributed by atoms with van der Waals surface area (Å²) in [5, 5.41) is 3.41. The highest BCUT2D eigenvalue weighted by Gasteiger charge is 2.20.